The van der Waals surface area contributed by atoms with Gasteiger partial charge in [0.05, 0.1) is 18.1 Å². The van der Waals surface area contributed by atoms with Crippen LogP contribution >= 0.6 is 0 Å². The molecule has 0 aromatic rings. The lowest BCUT2D eigenvalue weighted by atomic mass is 9.78. The first-order valence-corrected chi connectivity index (χ1v) is 7.34. The van der Waals surface area contributed by atoms with Crippen LogP contribution in [0.4, 0.5) is 0 Å². The van der Waals surface area contributed by atoms with E-state index in [9.17, 15) is 9.90 Å². The molecule has 0 aromatic carbocycles. The quantitative estimate of drug-likeness (QED) is 0.671. The summed E-state index contributed by atoms with van der Waals surface area (Å²) in [5.41, 5.74) is -0.385. The molecule has 1 aliphatic heterocycles. The fourth-order valence-electron chi connectivity index (χ4n) is 3.29. The highest BCUT2D eigenvalue weighted by Gasteiger charge is 2.40. The molecule has 0 spiro atoms. The van der Waals surface area contributed by atoms with E-state index in [2.05, 4.69) is 10.6 Å². The van der Waals surface area contributed by atoms with Gasteiger partial charge in [-0.15, -0.1) is 0 Å². The standard InChI is InChI=1S/C14H26N2O3/c1-19-10-14(5-7-15-8-6-14)13(18)16-9-11-3-2-4-12(11)17/h11-12,15,17H,2-10H2,1H3,(H,16,18). The van der Waals surface area contributed by atoms with Crippen molar-refractivity contribution in [1.82, 2.24) is 10.6 Å². The van der Waals surface area contributed by atoms with Crippen LogP contribution in [-0.4, -0.2) is 50.5 Å². The molecule has 1 aliphatic carbocycles. The predicted octanol–water partition coefficient (Wildman–Crippen LogP) is 0.280. The Morgan fingerprint density at radius 2 is 2.16 bits per heavy atom. The largest absolute Gasteiger partial charge is 0.393 e. The molecule has 2 atom stereocenters. The molecule has 1 heterocycles. The number of piperidine rings is 1. The molecule has 5 heteroatoms. The number of amides is 1. The van der Waals surface area contributed by atoms with Gasteiger partial charge in [-0.3, -0.25) is 4.79 Å². The summed E-state index contributed by atoms with van der Waals surface area (Å²) in [6.45, 7) is 2.80. The van der Waals surface area contributed by atoms with Crippen LogP contribution in [0, 0.1) is 11.3 Å². The van der Waals surface area contributed by atoms with Gasteiger partial charge >= 0.3 is 0 Å². The van der Waals surface area contributed by atoms with Crippen LogP contribution in [0.5, 0.6) is 0 Å². The highest BCUT2D eigenvalue weighted by molar-refractivity contribution is 5.83. The summed E-state index contributed by atoms with van der Waals surface area (Å²) in [7, 11) is 1.65. The van der Waals surface area contributed by atoms with Gasteiger partial charge < -0.3 is 20.5 Å². The highest BCUT2D eigenvalue weighted by atomic mass is 16.5. The van der Waals surface area contributed by atoms with Crippen molar-refractivity contribution < 1.29 is 14.6 Å². The van der Waals surface area contributed by atoms with Gasteiger partial charge in [0.1, 0.15) is 0 Å². The zero-order chi connectivity index (χ0) is 13.7. The van der Waals surface area contributed by atoms with Crippen LogP contribution < -0.4 is 10.6 Å². The lowest BCUT2D eigenvalue weighted by Gasteiger charge is -2.36. The topological polar surface area (TPSA) is 70.6 Å². The summed E-state index contributed by atoms with van der Waals surface area (Å²) in [6, 6.07) is 0. The molecule has 0 bridgehead atoms. The summed E-state index contributed by atoms with van der Waals surface area (Å²) in [6.07, 6.45) is 4.34. The van der Waals surface area contributed by atoms with Gasteiger partial charge in [0.2, 0.25) is 5.91 Å². The van der Waals surface area contributed by atoms with E-state index in [-0.39, 0.29) is 23.3 Å². The molecule has 1 saturated heterocycles. The third-order valence-electron chi connectivity index (χ3n) is 4.61. The summed E-state index contributed by atoms with van der Waals surface area (Å²) in [5.74, 6) is 0.320. The lowest BCUT2D eigenvalue weighted by Crippen LogP contribution is -2.51. The molecule has 2 aliphatic rings. The maximum Gasteiger partial charge on any atom is 0.228 e. The average molecular weight is 270 g/mol. The number of methoxy groups -OCH3 is 1. The van der Waals surface area contributed by atoms with Crippen molar-refractivity contribution in [3.8, 4) is 0 Å². The molecule has 3 N–H and O–H groups in total. The van der Waals surface area contributed by atoms with Crippen LogP contribution in [0.15, 0.2) is 0 Å². The van der Waals surface area contributed by atoms with Crippen molar-refractivity contribution in [2.75, 3.05) is 33.4 Å². The predicted molar refractivity (Wildman–Crippen MR) is 72.8 cm³/mol. The maximum absolute atomic E-state index is 12.5. The Hall–Kier alpha value is -0.650. The Bertz CT molecular complexity index is 298. The molecule has 1 saturated carbocycles. The van der Waals surface area contributed by atoms with E-state index in [1.165, 1.54) is 0 Å². The first kappa shape index (κ1) is 14.8. The number of hydrogen-bond acceptors (Lipinski definition) is 4. The molecule has 1 amide bonds. The molecule has 0 aromatic heterocycles. The van der Waals surface area contributed by atoms with E-state index >= 15 is 0 Å². The smallest absolute Gasteiger partial charge is 0.228 e. The molecule has 19 heavy (non-hydrogen) atoms. The van der Waals surface area contributed by atoms with E-state index < -0.39 is 0 Å². The Labute approximate surface area is 115 Å². The number of ether oxygens (including phenoxy) is 1. The van der Waals surface area contributed by atoms with Gasteiger partial charge in [0.15, 0.2) is 0 Å². The number of carbonyl (C=O) groups is 1. The monoisotopic (exact) mass is 270 g/mol. The molecule has 0 radical (unpaired) electrons. The summed E-state index contributed by atoms with van der Waals surface area (Å²) in [5, 5.41) is 16.1. The maximum atomic E-state index is 12.5. The Morgan fingerprint density at radius 1 is 1.42 bits per heavy atom. The van der Waals surface area contributed by atoms with Gasteiger partial charge in [-0.1, -0.05) is 6.42 Å². The number of carbonyl (C=O) groups excluding carboxylic acids is 1. The van der Waals surface area contributed by atoms with Crippen molar-refractivity contribution in [3.63, 3.8) is 0 Å². The van der Waals surface area contributed by atoms with Crippen molar-refractivity contribution in [3.05, 3.63) is 0 Å². The number of rotatable bonds is 5. The SMILES string of the molecule is COCC1(C(=O)NCC2CCCC2O)CCNCC1. The van der Waals surface area contributed by atoms with Crippen molar-refractivity contribution in [1.29, 1.82) is 0 Å². The van der Waals surface area contributed by atoms with Gasteiger partial charge in [-0.2, -0.15) is 0 Å². The lowest BCUT2D eigenvalue weighted by molar-refractivity contribution is -0.136. The Kier molecular flexibility index (Phi) is 5.19. The first-order chi connectivity index (χ1) is 9.18. The second-order valence-corrected chi connectivity index (χ2v) is 5.93. The van der Waals surface area contributed by atoms with Gasteiger partial charge in [-0.25, -0.2) is 0 Å². The molecular weight excluding hydrogens is 244 g/mol. The van der Waals surface area contributed by atoms with Gasteiger partial charge in [0.25, 0.3) is 0 Å². The molecule has 110 valence electrons. The second kappa shape index (κ2) is 6.68. The highest BCUT2D eigenvalue weighted by Crippen LogP contribution is 2.30. The number of aliphatic hydroxyl groups is 1. The minimum Gasteiger partial charge on any atom is -0.393 e. The van der Waals surface area contributed by atoms with E-state index in [0.29, 0.717) is 13.2 Å². The van der Waals surface area contributed by atoms with Crippen molar-refractivity contribution >= 4 is 5.91 Å². The van der Waals surface area contributed by atoms with Crippen LogP contribution in [0.2, 0.25) is 0 Å². The van der Waals surface area contributed by atoms with Gasteiger partial charge in [-0.05, 0) is 38.8 Å². The Morgan fingerprint density at radius 3 is 2.74 bits per heavy atom. The van der Waals surface area contributed by atoms with Crippen molar-refractivity contribution in [2.45, 2.75) is 38.2 Å². The van der Waals surface area contributed by atoms with Gasteiger partial charge in [0, 0.05) is 19.6 Å². The first-order valence-electron chi connectivity index (χ1n) is 7.34. The molecule has 5 nitrogen and oxygen atoms in total. The fraction of sp³-hybridized carbons (Fsp3) is 0.929. The normalized spacial score (nSPS) is 30.2. The van der Waals surface area contributed by atoms with E-state index in [4.69, 9.17) is 4.74 Å². The minimum absolute atomic E-state index is 0.0925. The van der Waals surface area contributed by atoms with E-state index in [1.54, 1.807) is 7.11 Å². The van der Waals surface area contributed by atoms with E-state index in [0.717, 1.165) is 45.2 Å². The molecule has 2 fully saturated rings. The van der Waals surface area contributed by atoms with E-state index in [1.807, 2.05) is 0 Å². The molecule has 2 rings (SSSR count). The second-order valence-electron chi connectivity index (χ2n) is 5.93. The zero-order valence-electron chi connectivity index (χ0n) is 11.8. The number of aliphatic hydroxyl groups excluding tert-OH is 1. The third-order valence-corrected chi connectivity index (χ3v) is 4.61. The Balaban J connectivity index is 1.88. The minimum atomic E-state index is -0.385. The average Bonchev–Trinajstić information content (AvgIpc) is 2.83. The third kappa shape index (κ3) is 3.46. The summed E-state index contributed by atoms with van der Waals surface area (Å²) in [4.78, 5) is 12.5. The zero-order valence-corrected chi connectivity index (χ0v) is 11.8. The van der Waals surface area contributed by atoms with Crippen molar-refractivity contribution in [2.24, 2.45) is 11.3 Å². The summed E-state index contributed by atoms with van der Waals surface area (Å²) < 4.78 is 5.26. The number of nitrogens with one attached hydrogen (secondary N) is 2. The fourth-order valence-corrected chi connectivity index (χ4v) is 3.29. The molecular formula is C14H26N2O3. The van der Waals surface area contributed by atoms with Crippen LogP contribution in [0.3, 0.4) is 0 Å². The van der Waals surface area contributed by atoms with Crippen LogP contribution in [-0.2, 0) is 9.53 Å². The summed E-state index contributed by atoms with van der Waals surface area (Å²) >= 11 is 0. The number of hydrogen-bond donors (Lipinski definition) is 3. The van der Waals surface area contributed by atoms with Crippen LogP contribution in [0.25, 0.3) is 0 Å². The molecule has 2 unspecified atom stereocenters. The van der Waals surface area contributed by atoms with Crippen LogP contribution in [0.1, 0.15) is 32.1 Å².